The maximum absolute atomic E-state index is 13.6. The van der Waals surface area contributed by atoms with Gasteiger partial charge in [-0.2, -0.15) is 0 Å². The molecule has 5 N–H and O–H groups in total. The van der Waals surface area contributed by atoms with Gasteiger partial charge in [-0.1, -0.05) is 0 Å². The number of aromatic nitrogens is 6. The second-order valence-corrected chi connectivity index (χ2v) is 13.7. The van der Waals surface area contributed by atoms with Gasteiger partial charge in [-0.15, -0.1) is 0 Å². The van der Waals surface area contributed by atoms with Crippen molar-refractivity contribution in [3.8, 4) is 0 Å². The number of nitrogens with zero attached hydrogens (tertiary/aromatic N) is 5. The smallest absolute Gasteiger partial charge is 0.382 e. The van der Waals surface area contributed by atoms with Crippen LogP contribution in [-0.4, -0.2) is 110 Å². The zero-order chi connectivity index (χ0) is 36.3. The summed E-state index contributed by atoms with van der Waals surface area (Å²) in [5.41, 5.74) is 5.32. The van der Waals surface area contributed by atoms with Gasteiger partial charge in [0.1, 0.15) is 36.3 Å². The molecule has 2 fully saturated rings. The number of imidazole rings is 1. The third-order valence-corrected chi connectivity index (χ3v) is 9.42. The molecule has 0 aliphatic carbocycles. The highest BCUT2D eigenvalue weighted by atomic mass is 31.2. The SMILES string of the molecule is CO[C@@H]1[C@H](CC(=O)NC[C@H]2O[C@@H](n3cnc4c(N)ncnc43)[C@H](OC)[C@@H]2OP(=O)(O)OC(C)C)[C@@H](COC(C)C)O[C@H]1n1ccc(=O)[nH]c1=O. The average Bonchev–Trinajstić information content (AvgIpc) is 3.71. The number of phosphoric ester groups is 1. The summed E-state index contributed by atoms with van der Waals surface area (Å²) in [6.07, 6.45) is -3.63. The molecule has 3 aromatic heterocycles. The summed E-state index contributed by atoms with van der Waals surface area (Å²) >= 11 is 0. The number of carbonyl (C=O) groups excluding carboxylic acids is 1. The Balaban J connectivity index is 1.37. The van der Waals surface area contributed by atoms with E-state index in [0.717, 1.165) is 0 Å². The van der Waals surface area contributed by atoms with Gasteiger partial charge >= 0.3 is 13.5 Å². The van der Waals surface area contributed by atoms with E-state index in [1.54, 1.807) is 13.8 Å². The summed E-state index contributed by atoms with van der Waals surface area (Å²) in [7, 11) is -1.83. The second-order valence-electron chi connectivity index (χ2n) is 12.4. The molecule has 20 nitrogen and oxygen atoms in total. The van der Waals surface area contributed by atoms with Gasteiger partial charge in [-0.05, 0) is 27.7 Å². The molecular formula is C29H43N8O12P. The highest BCUT2D eigenvalue weighted by molar-refractivity contribution is 7.47. The largest absolute Gasteiger partial charge is 0.472 e. The topological polar surface area (TPSA) is 255 Å². The van der Waals surface area contributed by atoms with E-state index in [-0.39, 0.29) is 31.5 Å². The number of H-pyrrole nitrogens is 1. The van der Waals surface area contributed by atoms with Gasteiger partial charge < -0.3 is 39.6 Å². The summed E-state index contributed by atoms with van der Waals surface area (Å²) in [5.74, 6) is -0.917. The summed E-state index contributed by atoms with van der Waals surface area (Å²) in [6.45, 7) is 6.75. The highest BCUT2D eigenvalue weighted by Gasteiger charge is 2.51. The van der Waals surface area contributed by atoms with Gasteiger partial charge in [-0.3, -0.25) is 32.8 Å². The number of nitrogen functional groups attached to an aromatic ring is 1. The van der Waals surface area contributed by atoms with Crippen LogP contribution in [-0.2, 0) is 42.1 Å². The minimum Gasteiger partial charge on any atom is -0.382 e. The normalized spacial score (nSPS) is 28.1. The molecule has 3 aromatic rings. The molecule has 2 aliphatic heterocycles. The fourth-order valence-corrected chi connectivity index (χ4v) is 7.24. The van der Waals surface area contributed by atoms with E-state index in [1.807, 2.05) is 13.8 Å². The molecule has 5 heterocycles. The number of aromatic amines is 1. The molecule has 276 valence electrons. The number of rotatable bonds is 15. The first kappa shape index (κ1) is 37.7. The number of fused-ring (bicyclic) bond motifs is 1. The van der Waals surface area contributed by atoms with Crippen LogP contribution in [0.15, 0.2) is 34.5 Å². The molecule has 2 aliphatic rings. The number of hydrogen-bond acceptors (Lipinski definition) is 15. The first-order valence-corrected chi connectivity index (χ1v) is 17.4. The summed E-state index contributed by atoms with van der Waals surface area (Å²) in [5, 5.41) is 2.82. The fraction of sp³-hybridized carbons (Fsp3) is 0.655. The van der Waals surface area contributed by atoms with Crippen molar-refractivity contribution in [1.82, 2.24) is 34.4 Å². The number of carbonyl (C=O) groups is 1. The molecule has 1 amide bonds. The Morgan fingerprint density at radius 2 is 1.74 bits per heavy atom. The van der Waals surface area contributed by atoms with Crippen molar-refractivity contribution in [1.29, 1.82) is 0 Å². The maximum Gasteiger partial charge on any atom is 0.472 e. The highest BCUT2D eigenvalue weighted by Crippen LogP contribution is 2.50. The van der Waals surface area contributed by atoms with Crippen molar-refractivity contribution < 1.29 is 47.0 Å². The van der Waals surface area contributed by atoms with Crippen LogP contribution in [0.5, 0.6) is 0 Å². The zero-order valence-corrected chi connectivity index (χ0v) is 29.3. The van der Waals surface area contributed by atoms with E-state index < -0.39 is 80.0 Å². The van der Waals surface area contributed by atoms with Crippen LogP contribution in [0.1, 0.15) is 46.6 Å². The molecule has 0 radical (unpaired) electrons. The fourth-order valence-electron chi connectivity index (χ4n) is 6.10. The van der Waals surface area contributed by atoms with Gasteiger partial charge in [-0.25, -0.2) is 24.3 Å². The molecule has 0 aromatic carbocycles. The van der Waals surface area contributed by atoms with Gasteiger partial charge in [0, 0.05) is 45.4 Å². The number of anilines is 1. The molecule has 21 heteroatoms. The summed E-state index contributed by atoms with van der Waals surface area (Å²) in [4.78, 5) is 63.2. The van der Waals surface area contributed by atoms with E-state index >= 15 is 0 Å². The van der Waals surface area contributed by atoms with Gasteiger partial charge in [0.2, 0.25) is 5.91 Å². The molecule has 1 unspecified atom stereocenters. The van der Waals surface area contributed by atoms with Crippen molar-refractivity contribution in [2.75, 3.05) is 33.1 Å². The number of nitrogens with one attached hydrogen (secondary N) is 2. The Bertz CT molecular complexity index is 1800. The number of amides is 1. The van der Waals surface area contributed by atoms with E-state index in [9.17, 15) is 23.8 Å². The van der Waals surface area contributed by atoms with E-state index in [4.69, 9.17) is 38.5 Å². The molecule has 2 saturated heterocycles. The maximum atomic E-state index is 13.6. The van der Waals surface area contributed by atoms with Gasteiger partial charge in [0.25, 0.3) is 5.56 Å². The van der Waals surface area contributed by atoms with Gasteiger partial charge in [0.15, 0.2) is 23.9 Å². The van der Waals surface area contributed by atoms with Crippen molar-refractivity contribution in [3.05, 3.63) is 45.8 Å². The van der Waals surface area contributed by atoms with E-state index in [2.05, 4.69) is 25.3 Å². The van der Waals surface area contributed by atoms with E-state index in [0.29, 0.717) is 11.2 Å². The van der Waals surface area contributed by atoms with Crippen molar-refractivity contribution in [2.45, 2.75) is 89.3 Å². The minimum absolute atomic E-state index is 0.0947. The van der Waals surface area contributed by atoms with Crippen molar-refractivity contribution in [2.24, 2.45) is 5.92 Å². The lowest BCUT2D eigenvalue weighted by Crippen LogP contribution is -2.43. The lowest BCUT2D eigenvalue weighted by Gasteiger charge is -2.26. The summed E-state index contributed by atoms with van der Waals surface area (Å²) in [6, 6.07) is 1.18. The minimum atomic E-state index is -4.64. The second kappa shape index (κ2) is 15.7. The van der Waals surface area contributed by atoms with Crippen LogP contribution >= 0.6 is 7.82 Å². The Morgan fingerprint density at radius 1 is 1.04 bits per heavy atom. The zero-order valence-electron chi connectivity index (χ0n) is 28.4. The number of hydrogen-bond donors (Lipinski definition) is 4. The number of methoxy groups -OCH3 is 2. The summed E-state index contributed by atoms with van der Waals surface area (Å²) < 4.78 is 56.3. The first-order valence-electron chi connectivity index (χ1n) is 15.9. The molecule has 50 heavy (non-hydrogen) atoms. The van der Waals surface area contributed by atoms with Crippen LogP contribution in [0.4, 0.5) is 5.82 Å². The Kier molecular flexibility index (Phi) is 11.9. The first-order chi connectivity index (χ1) is 23.7. The molecular weight excluding hydrogens is 683 g/mol. The lowest BCUT2D eigenvalue weighted by atomic mass is 9.93. The third kappa shape index (κ3) is 8.30. The number of ether oxygens (including phenoxy) is 5. The van der Waals surface area contributed by atoms with Crippen LogP contribution in [0.2, 0.25) is 0 Å². The molecule has 9 atom stereocenters. The monoisotopic (exact) mass is 726 g/mol. The van der Waals surface area contributed by atoms with Crippen LogP contribution in [0, 0.1) is 5.92 Å². The molecule has 5 rings (SSSR count). The predicted octanol–water partition coefficient (Wildman–Crippen LogP) is 0.242. The Labute approximate surface area is 286 Å². The van der Waals surface area contributed by atoms with E-state index in [1.165, 1.54) is 48.3 Å². The lowest BCUT2D eigenvalue weighted by molar-refractivity contribution is -0.124. The standard InChI is InChI=1S/C29H43N8O12P/c1-14(2)45-11-18-16(22(43-5)27(47-18)36-8-7-19(38)35-29(36)40)9-20(39)31-10-17-23(49-50(41,42)48-15(3)4)24(44-6)28(46-17)37-13-34-21-25(30)32-12-33-26(21)37/h7-8,12-18,22-24,27-28H,9-11H2,1-6H3,(H,31,39)(H,41,42)(H2,30,32,33)(H,35,38,40)/t16-,17-,18-,22-,23-,24-,27-,28-/m1/s1. The molecule has 0 saturated carbocycles. The predicted molar refractivity (Wildman–Crippen MR) is 174 cm³/mol. The van der Waals surface area contributed by atoms with Crippen LogP contribution < -0.4 is 22.3 Å². The molecule has 0 spiro atoms. The quantitative estimate of drug-likeness (QED) is 0.153. The Hall–Kier alpha value is -3.59. The van der Waals surface area contributed by atoms with Crippen LogP contribution in [0.3, 0.4) is 0 Å². The van der Waals surface area contributed by atoms with Crippen molar-refractivity contribution in [3.63, 3.8) is 0 Å². The molecule has 0 bridgehead atoms. The third-order valence-electron chi connectivity index (χ3n) is 8.23. The van der Waals surface area contributed by atoms with Crippen LogP contribution in [0.25, 0.3) is 11.2 Å². The number of phosphoric acid groups is 1. The Morgan fingerprint density at radius 3 is 2.40 bits per heavy atom. The average molecular weight is 727 g/mol. The van der Waals surface area contributed by atoms with Crippen molar-refractivity contribution >= 4 is 30.7 Å². The number of nitrogens with two attached hydrogens (primary N) is 1. The van der Waals surface area contributed by atoms with Gasteiger partial charge in [0.05, 0.1) is 31.2 Å².